The van der Waals surface area contributed by atoms with Crippen LogP contribution in [0, 0.1) is 0 Å². The van der Waals surface area contributed by atoms with Crippen molar-refractivity contribution in [2.45, 2.75) is 22.2 Å². The molecular formula is C16H16N6O3S2. The molecule has 1 aromatic heterocycles. The van der Waals surface area contributed by atoms with E-state index in [0.29, 0.717) is 10.8 Å². The number of hydrogen-bond donors (Lipinski definition) is 2. The summed E-state index contributed by atoms with van der Waals surface area (Å²) in [6, 6.07) is 15.0. The van der Waals surface area contributed by atoms with E-state index in [4.69, 9.17) is 5.14 Å². The highest BCUT2D eigenvalue weighted by atomic mass is 32.2. The number of thioether (sulfide) groups is 1. The molecule has 3 rings (SSSR count). The Morgan fingerprint density at radius 3 is 2.44 bits per heavy atom. The van der Waals surface area contributed by atoms with Crippen molar-refractivity contribution >= 4 is 33.4 Å². The third-order valence-electron chi connectivity index (χ3n) is 3.54. The van der Waals surface area contributed by atoms with Crippen LogP contribution in [-0.2, 0) is 14.8 Å². The summed E-state index contributed by atoms with van der Waals surface area (Å²) < 4.78 is 24.1. The van der Waals surface area contributed by atoms with Crippen molar-refractivity contribution in [1.29, 1.82) is 0 Å². The molecule has 0 saturated heterocycles. The van der Waals surface area contributed by atoms with Crippen molar-refractivity contribution in [3.8, 4) is 5.69 Å². The van der Waals surface area contributed by atoms with Crippen LogP contribution in [0.25, 0.3) is 5.69 Å². The lowest BCUT2D eigenvalue weighted by molar-refractivity contribution is -0.115. The Balaban J connectivity index is 1.68. The Kier molecular flexibility index (Phi) is 5.54. The Morgan fingerprint density at radius 1 is 1.15 bits per heavy atom. The van der Waals surface area contributed by atoms with Gasteiger partial charge in [-0.25, -0.2) is 13.6 Å². The topological polar surface area (TPSA) is 133 Å². The zero-order chi connectivity index (χ0) is 19.4. The monoisotopic (exact) mass is 404 g/mol. The number of para-hydroxylation sites is 1. The van der Waals surface area contributed by atoms with E-state index in [1.165, 1.54) is 36.0 Å². The second-order valence-corrected chi connectivity index (χ2v) is 8.40. The SMILES string of the molecule is C[C@@H](Sc1nnnn1-c1ccccc1)C(=O)Nc1ccc(S(N)(=O)=O)cc1. The quantitative estimate of drug-likeness (QED) is 0.594. The Bertz CT molecular complexity index is 1040. The largest absolute Gasteiger partial charge is 0.325 e. The zero-order valence-corrected chi connectivity index (χ0v) is 15.8. The number of nitrogens with zero attached hydrogens (tertiary/aromatic N) is 4. The lowest BCUT2D eigenvalue weighted by atomic mass is 10.3. The number of carbonyl (C=O) groups is 1. The van der Waals surface area contributed by atoms with Crippen LogP contribution in [0.3, 0.4) is 0 Å². The van der Waals surface area contributed by atoms with Gasteiger partial charge < -0.3 is 5.32 Å². The molecule has 0 fully saturated rings. The van der Waals surface area contributed by atoms with Gasteiger partial charge in [0.25, 0.3) is 0 Å². The normalized spacial score (nSPS) is 12.5. The second-order valence-electron chi connectivity index (χ2n) is 5.53. The number of amides is 1. The number of rotatable bonds is 6. The summed E-state index contributed by atoms with van der Waals surface area (Å²) in [5.41, 5.74) is 1.25. The highest BCUT2D eigenvalue weighted by Crippen LogP contribution is 2.24. The Labute approximate surface area is 160 Å². The van der Waals surface area contributed by atoms with Crippen LogP contribution in [0.2, 0.25) is 0 Å². The molecule has 0 spiro atoms. The first-order chi connectivity index (χ1) is 12.8. The van der Waals surface area contributed by atoms with Crippen LogP contribution in [0.5, 0.6) is 0 Å². The molecule has 0 unspecified atom stereocenters. The number of primary sulfonamides is 1. The van der Waals surface area contributed by atoms with Crippen molar-refractivity contribution in [3.63, 3.8) is 0 Å². The van der Waals surface area contributed by atoms with E-state index in [2.05, 4.69) is 20.8 Å². The van der Waals surface area contributed by atoms with Gasteiger partial charge in [-0.15, -0.1) is 5.10 Å². The average molecular weight is 404 g/mol. The lowest BCUT2D eigenvalue weighted by Crippen LogP contribution is -2.23. The van der Waals surface area contributed by atoms with Crippen LogP contribution in [0.15, 0.2) is 64.6 Å². The summed E-state index contributed by atoms with van der Waals surface area (Å²) in [7, 11) is -3.77. The third kappa shape index (κ3) is 4.70. The first-order valence-corrected chi connectivity index (χ1v) is 10.2. The minimum absolute atomic E-state index is 0.0232. The predicted octanol–water partition coefficient (Wildman–Crippen LogP) is 1.43. The van der Waals surface area contributed by atoms with Crippen LogP contribution < -0.4 is 10.5 Å². The second kappa shape index (κ2) is 7.86. The molecule has 27 heavy (non-hydrogen) atoms. The van der Waals surface area contributed by atoms with Gasteiger partial charge in [0.2, 0.25) is 21.1 Å². The van der Waals surface area contributed by atoms with E-state index in [-0.39, 0.29) is 10.8 Å². The zero-order valence-electron chi connectivity index (χ0n) is 14.2. The van der Waals surface area contributed by atoms with Gasteiger partial charge in [-0.2, -0.15) is 4.68 Å². The maximum Gasteiger partial charge on any atom is 0.238 e. The first kappa shape index (κ1) is 19.0. The van der Waals surface area contributed by atoms with Gasteiger partial charge in [-0.3, -0.25) is 4.79 Å². The van der Waals surface area contributed by atoms with Gasteiger partial charge in [0, 0.05) is 5.69 Å². The Morgan fingerprint density at radius 2 is 1.81 bits per heavy atom. The molecule has 0 bridgehead atoms. The molecule has 1 heterocycles. The average Bonchev–Trinajstić information content (AvgIpc) is 3.10. The maximum absolute atomic E-state index is 12.4. The third-order valence-corrected chi connectivity index (χ3v) is 5.51. The fraction of sp³-hybridized carbons (Fsp3) is 0.125. The van der Waals surface area contributed by atoms with E-state index in [9.17, 15) is 13.2 Å². The molecule has 1 amide bonds. The molecule has 0 aliphatic rings. The summed E-state index contributed by atoms with van der Waals surface area (Å²) >= 11 is 1.21. The van der Waals surface area contributed by atoms with Crippen LogP contribution in [0.4, 0.5) is 5.69 Å². The summed E-state index contributed by atoms with van der Waals surface area (Å²) in [4.78, 5) is 12.4. The van der Waals surface area contributed by atoms with E-state index in [1.54, 1.807) is 11.6 Å². The molecule has 0 aliphatic carbocycles. The van der Waals surface area contributed by atoms with Gasteiger partial charge in [0.15, 0.2) is 0 Å². The number of carbonyl (C=O) groups excluding carboxylic acids is 1. The van der Waals surface area contributed by atoms with Gasteiger partial charge in [-0.05, 0) is 53.7 Å². The highest BCUT2D eigenvalue weighted by Gasteiger charge is 2.19. The van der Waals surface area contributed by atoms with Gasteiger partial charge in [0.1, 0.15) is 0 Å². The predicted molar refractivity (Wildman–Crippen MR) is 101 cm³/mol. The molecule has 3 N–H and O–H groups in total. The number of nitrogens with one attached hydrogen (secondary N) is 1. The van der Waals surface area contributed by atoms with Crippen molar-refractivity contribution < 1.29 is 13.2 Å². The first-order valence-electron chi connectivity index (χ1n) is 7.79. The molecular weight excluding hydrogens is 388 g/mol. The number of hydrogen-bond acceptors (Lipinski definition) is 7. The maximum atomic E-state index is 12.4. The number of nitrogens with two attached hydrogens (primary N) is 1. The molecule has 3 aromatic rings. The fourth-order valence-corrected chi connectivity index (χ4v) is 3.49. The van der Waals surface area contributed by atoms with Crippen molar-refractivity contribution in [1.82, 2.24) is 20.2 Å². The summed E-state index contributed by atoms with van der Waals surface area (Å²) in [5.74, 6) is -0.272. The number of sulfonamides is 1. The number of tetrazole rings is 1. The van der Waals surface area contributed by atoms with Crippen molar-refractivity contribution in [2.75, 3.05) is 5.32 Å². The Hall–Kier alpha value is -2.76. The fourth-order valence-electron chi connectivity index (χ4n) is 2.17. The molecule has 0 saturated carbocycles. The lowest BCUT2D eigenvalue weighted by Gasteiger charge is -2.12. The van der Waals surface area contributed by atoms with E-state index >= 15 is 0 Å². The summed E-state index contributed by atoms with van der Waals surface area (Å²) in [6.45, 7) is 1.72. The minimum atomic E-state index is -3.77. The molecule has 1 atom stereocenters. The number of benzene rings is 2. The molecule has 11 heteroatoms. The van der Waals surface area contributed by atoms with Crippen molar-refractivity contribution in [3.05, 3.63) is 54.6 Å². The summed E-state index contributed by atoms with van der Waals surface area (Å²) in [6.07, 6.45) is 0. The smallest absolute Gasteiger partial charge is 0.238 e. The van der Waals surface area contributed by atoms with Gasteiger partial charge >= 0.3 is 0 Å². The summed E-state index contributed by atoms with van der Waals surface area (Å²) in [5, 5.41) is 19.3. The van der Waals surface area contributed by atoms with Gasteiger partial charge in [0.05, 0.1) is 15.8 Å². The minimum Gasteiger partial charge on any atom is -0.325 e. The molecule has 0 aliphatic heterocycles. The molecule has 140 valence electrons. The molecule has 0 radical (unpaired) electrons. The van der Waals surface area contributed by atoms with E-state index in [1.807, 2.05) is 30.3 Å². The van der Waals surface area contributed by atoms with Gasteiger partial charge in [-0.1, -0.05) is 30.0 Å². The highest BCUT2D eigenvalue weighted by molar-refractivity contribution is 8.00. The number of anilines is 1. The van der Waals surface area contributed by atoms with E-state index < -0.39 is 15.3 Å². The molecule has 2 aromatic carbocycles. The van der Waals surface area contributed by atoms with Crippen molar-refractivity contribution in [2.24, 2.45) is 5.14 Å². The standard InChI is InChI=1S/C16H16N6O3S2/c1-11(15(23)18-12-7-9-14(10-8-12)27(17,24)25)26-16-19-20-21-22(16)13-5-3-2-4-6-13/h2-11H,1H3,(H,18,23)(H2,17,24,25)/t11-/m1/s1. The number of aromatic nitrogens is 4. The van der Waals surface area contributed by atoms with Crippen LogP contribution in [-0.4, -0.2) is 39.8 Å². The van der Waals surface area contributed by atoms with Crippen LogP contribution >= 0.6 is 11.8 Å². The van der Waals surface area contributed by atoms with E-state index in [0.717, 1.165) is 5.69 Å². The molecule has 9 nitrogen and oxygen atoms in total. The van der Waals surface area contributed by atoms with Crippen LogP contribution in [0.1, 0.15) is 6.92 Å².